The summed E-state index contributed by atoms with van der Waals surface area (Å²) in [5.41, 5.74) is 0. The second kappa shape index (κ2) is 5.79. The molecule has 0 rings (SSSR count). The van der Waals surface area contributed by atoms with Gasteiger partial charge in [0.25, 0.3) is 0 Å². The molecule has 0 aliphatic carbocycles. The molecule has 0 bridgehead atoms. The summed E-state index contributed by atoms with van der Waals surface area (Å²) in [5.74, 6) is 0.769. The van der Waals surface area contributed by atoms with Gasteiger partial charge < -0.3 is 4.90 Å². The zero-order chi connectivity index (χ0) is 10.4. The molecule has 0 aromatic carbocycles. The molecule has 0 heterocycles. The van der Waals surface area contributed by atoms with Crippen molar-refractivity contribution in [3.63, 3.8) is 0 Å². The molecule has 0 fully saturated rings. The summed E-state index contributed by atoms with van der Waals surface area (Å²) in [4.78, 5) is 13.4. The van der Waals surface area contributed by atoms with E-state index < -0.39 is 0 Å². The fraction of sp³-hybridized carbons (Fsp3) is 0.727. The van der Waals surface area contributed by atoms with Gasteiger partial charge in [-0.05, 0) is 19.3 Å². The average molecular weight is 183 g/mol. The normalized spacial score (nSPS) is 13.7. The Labute approximate surface area is 81.6 Å². The number of carbonyl (C=O) groups excluding carboxylic acids is 1. The highest BCUT2D eigenvalue weighted by atomic mass is 16.2. The smallest absolute Gasteiger partial charge is 0.225 e. The number of rotatable bonds is 4. The maximum Gasteiger partial charge on any atom is 0.225 e. The highest BCUT2D eigenvalue weighted by Gasteiger charge is 2.21. The van der Waals surface area contributed by atoms with Crippen LogP contribution in [0.5, 0.6) is 0 Å². The first-order chi connectivity index (χ1) is 6.00. The summed E-state index contributed by atoms with van der Waals surface area (Å²) >= 11 is 0. The van der Waals surface area contributed by atoms with Gasteiger partial charge in [-0.1, -0.05) is 26.0 Å². The van der Waals surface area contributed by atoms with E-state index in [1.54, 1.807) is 4.90 Å². The predicted molar refractivity (Wildman–Crippen MR) is 56.5 cm³/mol. The lowest BCUT2D eigenvalue weighted by molar-refractivity contribution is -0.134. The van der Waals surface area contributed by atoms with Crippen LogP contribution in [0.4, 0.5) is 0 Å². The molecule has 13 heavy (non-hydrogen) atoms. The Morgan fingerprint density at radius 3 is 2.23 bits per heavy atom. The van der Waals surface area contributed by atoms with Crippen LogP contribution in [0.15, 0.2) is 12.2 Å². The summed E-state index contributed by atoms with van der Waals surface area (Å²) in [7, 11) is 3.63. The zero-order valence-corrected chi connectivity index (χ0v) is 9.37. The number of amides is 1. The standard InChI is InChI=1S/C11H21NO/c1-6-7-8-10(9(2)3)11(13)12(4)5/h6-7,9-10H,8H2,1-5H3/t10-/m0/s1. The van der Waals surface area contributed by atoms with Crippen molar-refractivity contribution in [2.45, 2.75) is 27.2 Å². The van der Waals surface area contributed by atoms with E-state index in [4.69, 9.17) is 0 Å². The van der Waals surface area contributed by atoms with E-state index in [1.807, 2.05) is 27.1 Å². The molecule has 0 saturated heterocycles. The summed E-state index contributed by atoms with van der Waals surface area (Å²) in [6, 6.07) is 0. The number of hydrogen-bond donors (Lipinski definition) is 0. The Hall–Kier alpha value is -0.790. The third-order valence-corrected chi connectivity index (χ3v) is 2.19. The van der Waals surface area contributed by atoms with Crippen molar-refractivity contribution in [3.05, 3.63) is 12.2 Å². The van der Waals surface area contributed by atoms with Crippen LogP contribution >= 0.6 is 0 Å². The van der Waals surface area contributed by atoms with Crippen LogP contribution < -0.4 is 0 Å². The van der Waals surface area contributed by atoms with Gasteiger partial charge in [0, 0.05) is 20.0 Å². The first-order valence-corrected chi connectivity index (χ1v) is 4.83. The lowest BCUT2D eigenvalue weighted by Crippen LogP contribution is -2.32. The molecule has 0 aromatic heterocycles. The van der Waals surface area contributed by atoms with Crippen molar-refractivity contribution in [2.24, 2.45) is 11.8 Å². The minimum absolute atomic E-state index is 0.131. The molecular formula is C11H21NO. The van der Waals surface area contributed by atoms with Crippen molar-refractivity contribution >= 4 is 5.91 Å². The largest absolute Gasteiger partial charge is 0.349 e. The maximum absolute atomic E-state index is 11.7. The van der Waals surface area contributed by atoms with E-state index in [0.29, 0.717) is 5.92 Å². The lowest BCUT2D eigenvalue weighted by atomic mass is 9.91. The molecule has 0 N–H and O–H groups in total. The molecule has 0 aromatic rings. The minimum atomic E-state index is 0.131. The Morgan fingerprint density at radius 2 is 1.92 bits per heavy atom. The Balaban J connectivity index is 4.33. The van der Waals surface area contributed by atoms with Crippen molar-refractivity contribution in [1.29, 1.82) is 0 Å². The summed E-state index contributed by atoms with van der Waals surface area (Å²) in [5, 5.41) is 0. The van der Waals surface area contributed by atoms with Gasteiger partial charge in [-0.3, -0.25) is 4.79 Å². The minimum Gasteiger partial charge on any atom is -0.349 e. The first-order valence-electron chi connectivity index (χ1n) is 4.83. The molecule has 1 atom stereocenters. The first kappa shape index (κ1) is 12.2. The van der Waals surface area contributed by atoms with Gasteiger partial charge in [0.05, 0.1) is 0 Å². The van der Waals surface area contributed by atoms with Gasteiger partial charge >= 0.3 is 0 Å². The summed E-state index contributed by atoms with van der Waals surface area (Å²) < 4.78 is 0. The highest BCUT2D eigenvalue weighted by molar-refractivity contribution is 5.78. The van der Waals surface area contributed by atoms with Gasteiger partial charge in [0.2, 0.25) is 5.91 Å². The molecule has 0 aliphatic heterocycles. The monoisotopic (exact) mass is 183 g/mol. The molecule has 1 amide bonds. The number of allylic oxidation sites excluding steroid dienone is 2. The third-order valence-electron chi connectivity index (χ3n) is 2.19. The van der Waals surface area contributed by atoms with E-state index >= 15 is 0 Å². The number of carbonyl (C=O) groups is 1. The highest BCUT2D eigenvalue weighted by Crippen LogP contribution is 2.17. The third kappa shape index (κ3) is 4.11. The molecule has 0 radical (unpaired) electrons. The second-order valence-electron chi connectivity index (χ2n) is 3.89. The molecule has 2 heteroatoms. The number of nitrogens with zero attached hydrogens (tertiary/aromatic N) is 1. The fourth-order valence-electron chi connectivity index (χ4n) is 1.27. The van der Waals surface area contributed by atoms with Crippen LogP contribution in [-0.2, 0) is 4.79 Å². The van der Waals surface area contributed by atoms with E-state index in [-0.39, 0.29) is 11.8 Å². The van der Waals surface area contributed by atoms with Gasteiger partial charge in [-0.15, -0.1) is 0 Å². The summed E-state index contributed by atoms with van der Waals surface area (Å²) in [6.45, 7) is 6.17. The quantitative estimate of drug-likeness (QED) is 0.612. The molecular weight excluding hydrogens is 162 g/mol. The van der Waals surface area contributed by atoms with Crippen molar-refractivity contribution in [2.75, 3.05) is 14.1 Å². The van der Waals surface area contributed by atoms with Crippen LogP contribution in [0, 0.1) is 11.8 Å². The van der Waals surface area contributed by atoms with Crippen LogP contribution in [0.3, 0.4) is 0 Å². The SMILES string of the molecule is CC=CC[C@H](C(=O)N(C)C)C(C)C. The summed E-state index contributed by atoms with van der Waals surface area (Å²) in [6.07, 6.45) is 4.91. The molecule has 0 unspecified atom stereocenters. The zero-order valence-electron chi connectivity index (χ0n) is 9.37. The van der Waals surface area contributed by atoms with Gasteiger partial charge in [0.15, 0.2) is 0 Å². The number of hydrogen-bond acceptors (Lipinski definition) is 1. The second-order valence-corrected chi connectivity index (χ2v) is 3.89. The van der Waals surface area contributed by atoms with Crippen LogP contribution in [0.1, 0.15) is 27.2 Å². The molecule has 2 nitrogen and oxygen atoms in total. The van der Waals surface area contributed by atoms with Crippen LogP contribution in [-0.4, -0.2) is 24.9 Å². The Morgan fingerprint density at radius 1 is 1.38 bits per heavy atom. The van der Waals surface area contributed by atoms with Crippen molar-refractivity contribution in [3.8, 4) is 0 Å². The fourth-order valence-corrected chi connectivity index (χ4v) is 1.27. The van der Waals surface area contributed by atoms with Gasteiger partial charge in [-0.2, -0.15) is 0 Å². The van der Waals surface area contributed by atoms with E-state index in [2.05, 4.69) is 19.9 Å². The maximum atomic E-state index is 11.7. The molecule has 0 spiro atoms. The van der Waals surface area contributed by atoms with Crippen LogP contribution in [0.2, 0.25) is 0 Å². The molecule has 0 aliphatic rings. The van der Waals surface area contributed by atoms with Crippen molar-refractivity contribution < 1.29 is 4.79 Å². The topological polar surface area (TPSA) is 20.3 Å². The molecule has 0 saturated carbocycles. The predicted octanol–water partition coefficient (Wildman–Crippen LogP) is 2.31. The lowest BCUT2D eigenvalue weighted by Gasteiger charge is -2.22. The average Bonchev–Trinajstić information content (AvgIpc) is 2.04. The van der Waals surface area contributed by atoms with E-state index in [0.717, 1.165) is 6.42 Å². The Bertz CT molecular complexity index is 183. The van der Waals surface area contributed by atoms with Crippen molar-refractivity contribution in [1.82, 2.24) is 4.90 Å². The van der Waals surface area contributed by atoms with Gasteiger partial charge in [-0.25, -0.2) is 0 Å². The van der Waals surface area contributed by atoms with E-state index in [1.165, 1.54) is 0 Å². The van der Waals surface area contributed by atoms with Crippen LogP contribution in [0.25, 0.3) is 0 Å². The molecule has 76 valence electrons. The van der Waals surface area contributed by atoms with E-state index in [9.17, 15) is 4.79 Å². The van der Waals surface area contributed by atoms with Gasteiger partial charge in [0.1, 0.15) is 0 Å². The Kier molecular flexibility index (Phi) is 5.44.